The number of aliphatic hydroxyl groups excluding tert-OH is 1. The third-order valence-corrected chi connectivity index (χ3v) is 3.80. The number of aliphatic hydroxyl groups is 1. The van der Waals surface area contributed by atoms with Crippen molar-refractivity contribution in [3.8, 4) is 0 Å². The minimum atomic E-state index is 0.141. The molecule has 0 amide bonds. The Morgan fingerprint density at radius 3 is 2.45 bits per heavy atom. The molecule has 2 rings (SSSR count). The summed E-state index contributed by atoms with van der Waals surface area (Å²) < 4.78 is 2.05. The molecule has 0 spiro atoms. The van der Waals surface area contributed by atoms with Crippen LogP contribution in [-0.2, 0) is 19.4 Å². The molecule has 1 aromatic heterocycles. The molecule has 3 nitrogen and oxygen atoms in total. The summed E-state index contributed by atoms with van der Waals surface area (Å²) in [6.07, 6.45) is 1.79. The van der Waals surface area contributed by atoms with Crippen molar-refractivity contribution < 1.29 is 5.11 Å². The highest BCUT2D eigenvalue weighted by Gasteiger charge is 2.15. The van der Waals surface area contributed by atoms with Gasteiger partial charge in [-0.2, -0.15) is 5.10 Å². The standard InChI is InChI=1S/C17H24N2O/c1-4-16-11-17(19(5-2)18-16)10-15(12-20)14-8-6-13(3)7-9-14/h6-9,11,15,20H,4-5,10,12H2,1-3H3. The van der Waals surface area contributed by atoms with Crippen LogP contribution in [0, 0.1) is 6.92 Å². The van der Waals surface area contributed by atoms with Crippen molar-refractivity contribution >= 4 is 0 Å². The highest BCUT2D eigenvalue weighted by atomic mass is 16.3. The molecule has 0 fully saturated rings. The van der Waals surface area contributed by atoms with Crippen molar-refractivity contribution in [3.05, 3.63) is 52.8 Å². The van der Waals surface area contributed by atoms with Crippen molar-refractivity contribution in [3.63, 3.8) is 0 Å². The summed E-state index contributed by atoms with van der Waals surface area (Å²) in [4.78, 5) is 0. The Balaban J connectivity index is 2.21. The van der Waals surface area contributed by atoms with Gasteiger partial charge in [0.2, 0.25) is 0 Å². The maximum absolute atomic E-state index is 9.71. The molecule has 1 aromatic carbocycles. The molecule has 2 aromatic rings. The van der Waals surface area contributed by atoms with Gasteiger partial charge in [0.15, 0.2) is 0 Å². The van der Waals surface area contributed by atoms with Crippen LogP contribution in [0.4, 0.5) is 0 Å². The molecule has 0 saturated heterocycles. The first kappa shape index (κ1) is 14.8. The molecule has 0 aliphatic heterocycles. The molecule has 1 atom stereocenters. The third-order valence-electron chi connectivity index (χ3n) is 3.80. The molecule has 0 saturated carbocycles. The van der Waals surface area contributed by atoms with Crippen LogP contribution in [0.1, 0.15) is 42.3 Å². The smallest absolute Gasteiger partial charge is 0.0624 e. The van der Waals surface area contributed by atoms with Gasteiger partial charge in [0.25, 0.3) is 0 Å². The van der Waals surface area contributed by atoms with Crippen LogP contribution >= 0.6 is 0 Å². The van der Waals surface area contributed by atoms with E-state index in [9.17, 15) is 5.11 Å². The van der Waals surface area contributed by atoms with Gasteiger partial charge in [-0.25, -0.2) is 0 Å². The van der Waals surface area contributed by atoms with E-state index in [2.05, 4.69) is 60.9 Å². The lowest BCUT2D eigenvalue weighted by Crippen LogP contribution is -2.12. The molecule has 1 heterocycles. The quantitative estimate of drug-likeness (QED) is 0.877. The van der Waals surface area contributed by atoms with Crippen molar-refractivity contribution in [1.82, 2.24) is 9.78 Å². The van der Waals surface area contributed by atoms with Crippen LogP contribution in [0.5, 0.6) is 0 Å². The fraction of sp³-hybridized carbons (Fsp3) is 0.471. The average molecular weight is 272 g/mol. The fourth-order valence-corrected chi connectivity index (χ4v) is 2.50. The van der Waals surface area contributed by atoms with Gasteiger partial charge >= 0.3 is 0 Å². The van der Waals surface area contributed by atoms with E-state index in [0.717, 1.165) is 25.1 Å². The molecule has 0 radical (unpaired) electrons. The van der Waals surface area contributed by atoms with E-state index in [1.165, 1.54) is 16.8 Å². The van der Waals surface area contributed by atoms with Gasteiger partial charge in [-0.15, -0.1) is 0 Å². The van der Waals surface area contributed by atoms with Gasteiger partial charge < -0.3 is 5.11 Å². The Kier molecular flexibility index (Phi) is 4.96. The first-order valence-corrected chi connectivity index (χ1v) is 7.40. The van der Waals surface area contributed by atoms with Gasteiger partial charge in [0.05, 0.1) is 12.3 Å². The molecule has 0 aliphatic rings. The highest BCUT2D eigenvalue weighted by Crippen LogP contribution is 2.22. The summed E-state index contributed by atoms with van der Waals surface area (Å²) in [5.74, 6) is 0.141. The molecular formula is C17H24N2O. The second kappa shape index (κ2) is 6.71. The van der Waals surface area contributed by atoms with Gasteiger partial charge in [-0.05, 0) is 38.3 Å². The lowest BCUT2D eigenvalue weighted by Gasteiger charge is -2.15. The van der Waals surface area contributed by atoms with Crippen LogP contribution in [0.2, 0.25) is 0 Å². The van der Waals surface area contributed by atoms with Crippen molar-refractivity contribution in [2.45, 2.75) is 46.1 Å². The summed E-state index contributed by atoms with van der Waals surface area (Å²) in [7, 11) is 0. The predicted octanol–water partition coefficient (Wildman–Crippen LogP) is 3.09. The summed E-state index contributed by atoms with van der Waals surface area (Å²) in [5, 5.41) is 14.3. The third kappa shape index (κ3) is 3.28. The fourth-order valence-electron chi connectivity index (χ4n) is 2.50. The zero-order chi connectivity index (χ0) is 14.5. The summed E-state index contributed by atoms with van der Waals surface area (Å²) in [6, 6.07) is 10.6. The van der Waals surface area contributed by atoms with E-state index in [-0.39, 0.29) is 12.5 Å². The Labute approximate surface area is 121 Å². The number of rotatable bonds is 6. The lowest BCUT2D eigenvalue weighted by molar-refractivity contribution is 0.262. The maximum atomic E-state index is 9.71. The molecule has 1 N–H and O–H groups in total. The van der Waals surface area contributed by atoms with Crippen LogP contribution in [0.15, 0.2) is 30.3 Å². The molecule has 20 heavy (non-hydrogen) atoms. The first-order valence-electron chi connectivity index (χ1n) is 7.40. The lowest BCUT2D eigenvalue weighted by atomic mass is 9.94. The summed E-state index contributed by atoms with van der Waals surface area (Å²) in [5.41, 5.74) is 4.78. The van der Waals surface area contributed by atoms with E-state index in [4.69, 9.17) is 0 Å². The van der Waals surface area contributed by atoms with E-state index < -0.39 is 0 Å². The van der Waals surface area contributed by atoms with Gasteiger partial charge in [-0.1, -0.05) is 36.8 Å². The maximum Gasteiger partial charge on any atom is 0.0624 e. The highest BCUT2D eigenvalue weighted by molar-refractivity contribution is 5.26. The summed E-state index contributed by atoms with van der Waals surface area (Å²) in [6.45, 7) is 7.35. The predicted molar refractivity (Wildman–Crippen MR) is 82.0 cm³/mol. The molecule has 1 unspecified atom stereocenters. The van der Waals surface area contributed by atoms with Crippen LogP contribution < -0.4 is 0 Å². The van der Waals surface area contributed by atoms with E-state index in [1.807, 2.05) is 0 Å². The normalized spacial score (nSPS) is 12.6. The number of hydrogen-bond donors (Lipinski definition) is 1. The molecule has 108 valence electrons. The van der Waals surface area contributed by atoms with Crippen LogP contribution in [-0.4, -0.2) is 21.5 Å². The van der Waals surface area contributed by atoms with Crippen molar-refractivity contribution in [1.29, 1.82) is 0 Å². The SMILES string of the molecule is CCc1cc(CC(CO)c2ccc(C)cc2)n(CC)n1. The second-order valence-electron chi connectivity index (χ2n) is 5.29. The monoisotopic (exact) mass is 272 g/mol. The first-order chi connectivity index (χ1) is 9.67. The molecular weight excluding hydrogens is 248 g/mol. The summed E-state index contributed by atoms with van der Waals surface area (Å²) >= 11 is 0. The Morgan fingerprint density at radius 2 is 1.90 bits per heavy atom. The van der Waals surface area contributed by atoms with E-state index in [0.29, 0.717) is 0 Å². The number of aromatic nitrogens is 2. The number of aryl methyl sites for hydroxylation is 3. The molecule has 0 bridgehead atoms. The van der Waals surface area contributed by atoms with E-state index in [1.54, 1.807) is 0 Å². The van der Waals surface area contributed by atoms with E-state index >= 15 is 0 Å². The molecule has 3 heteroatoms. The van der Waals surface area contributed by atoms with Gasteiger partial charge in [-0.3, -0.25) is 4.68 Å². The Morgan fingerprint density at radius 1 is 1.20 bits per heavy atom. The zero-order valence-corrected chi connectivity index (χ0v) is 12.6. The Hall–Kier alpha value is -1.61. The topological polar surface area (TPSA) is 38.0 Å². The van der Waals surface area contributed by atoms with Gasteiger partial charge in [0.1, 0.15) is 0 Å². The average Bonchev–Trinajstić information content (AvgIpc) is 2.88. The van der Waals surface area contributed by atoms with Crippen LogP contribution in [0.25, 0.3) is 0 Å². The minimum Gasteiger partial charge on any atom is -0.396 e. The number of benzene rings is 1. The zero-order valence-electron chi connectivity index (χ0n) is 12.6. The largest absolute Gasteiger partial charge is 0.396 e. The molecule has 0 aliphatic carbocycles. The van der Waals surface area contributed by atoms with Crippen molar-refractivity contribution in [2.24, 2.45) is 0 Å². The van der Waals surface area contributed by atoms with Crippen LogP contribution in [0.3, 0.4) is 0 Å². The number of hydrogen-bond acceptors (Lipinski definition) is 2. The minimum absolute atomic E-state index is 0.141. The van der Waals surface area contributed by atoms with Crippen molar-refractivity contribution in [2.75, 3.05) is 6.61 Å². The second-order valence-corrected chi connectivity index (χ2v) is 5.29. The van der Waals surface area contributed by atoms with Gasteiger partial charge in [0, 0.05) is 18.2 Å². The Bertz CT molecular complexity index is 543. The number of nitrogens with zero attached hydrogens (tertiary/aromatic N) is 2.